The smallest absolute Gasteiger partial charge is 0.319 e. The van der Waals surface area contributed by atoms with Gasteiger partial charge in [0.1, 0.15) is 0 Å². The van der Waals surface area contributed by atoms with Crippen molar-refractivity contribution in [2.75, 3.05) is 78.3 Å². The summed E-state index contributed by atoms with van der Waals surface area (Å²) in [4.78, 5) is 38.4. The first-order chi connectivity index (χ1) is 35.2. The number of aromatic nitrogens is 2. The van der Waals surface area contributed by atoms with Crippen LogP contribution >= 0.6 is 0 Å². The van der Waals surface area contributed by atoms with E-state index in [1.54, 1.807) is 59.2 Å². The van der Waals surface area contributed by atoms with Gasteiger partial charge < -0.3 is 40.2 Å². The molecule has 2 aliphatic rings. The van der Waals surface area contributed by atoms with Gasteiger partial charge in [0.05, 0.1) is 39.6 Å². The van der Waals surface area contributed by atoms with Crippen LogP contribution in [0.2, 0.25) is 0 Å². The highest BCUT2D eigenvalue weighted by Crippen LogP contribution is 2.45. The lowest BCUT2D eigenvalue weighted by molar-refractivity contribution is 0.164. The normalized spacial score (nSPS) is 16.1. The van der Waals surface area contributed by atoms with E-state index >= 15 is 0 Å². The summed E-state index contributed by atoms with van der Waals surface area (Å²) in [6.45, 7) is 8.85. The van der Waals surface area contributed by atoms with Crippen molar-refractivity contribution < 1.29 is 28.5 Å². The van der Waals surface area contributed by atoms with Gasteiger partial charge in [0.2, 0.25) is 0 Å². The summed E-state index contributed by atoms with van der Waals surface area (Å²) in [5.41, 5.74) is 9.94. The van der Waals surface area contributed by atoms with Crippen molar-refractivity contribution in [1.82, 2.24) is 30.4 Å². The Balaban J connectivity index is 0.000000194. The number of para-hydroxylation sites is 1. The van der Waals surface area contributed by atoms with E-state index in [0.717, 1.165) is 84.3 Å². The number of benzene rings is 5. The number of ether oxygens (including phenoxy) is 4. The zero-order chi connectivity index (χ0) is 50.4. The van der Waals surface area contributed by atoms with Gasteiger partial charge in [-0.15, -0.1) is 0 Å². The maximum Gasteiger partial charge on any atom is 0.319 e. The number of carbonyl (C=O) groups is 2. The topological polar surface area (TPSA) is 151 Å². The van der Waals surface area contributed by atoms with Crippen LogP contribution in [0.4, 0.5) is 21.0 Å². The molecule has 4 unspecified atom stereocenters. The maximum atomic E-state index is 12.8. The summed E-state index contributed by atoms with van der Waals surface area (Å²) in [5.74, 6) is 3.49. The average Bonchev–Trinajstić information content (AvgIpc) is 3.42. The van der Waals surface area contributed by atoms with Crippen LogP contribution in [0.3, 0.4) is 0 Å². The fraction of sp³-hybridized carbons (Fsp3) is 0.310. The summed E-state index contributed by atoms with van der Waals surface area (Å²) in [6.07, 6.45) is 6.83. The molecule has 0 spiro atoms. The molecule has 4 atom stereocenters. The van der Waals surface area contributed by atoms with Gasteiger partial charge >= 0.3 is 12.1 Å². The molecule has 5 aromatic carbocycles. The van der Waals surface area contributed by atoms with Crippen LogP contribution in [0, 0.1) is 0 Å². The van der Waals surface area contributed by atoms with Crippen LogP contribution in [-0.2, 0) is 12.8 Å². The van der Waals surface area contributed by atoms with Crippen LogP contribution in [0.5, 0.6) is 23.0 Å². The standard InChI is InChI=1S/C31H34N4O3.C27H32N4O3/c1-21(22-9-5-4-6-10-22)30-25-20-29(38-3)28(37-2)19-23(25)14-17-35(30)18-16-33-31(36)34-27-13-15-32-26-12-8-7-11-24(26)27;1-19(20-7-5-4-6-8-20)26-23-18-25(34-3)24(33-2)17-21(23)11-15-31(26)16-14-29-27(32)30-22-9-12-28-13-10-22/h4-13,15,19-21,30H,14,16-18H2,1-3H3,(H2,32,33,34,36);4-10,12-13,17-19,26H,11,14-16H2,1-3H3,(H2,28,29,30,32). The van der Waals surface area contributed by atoms with Crippen molar-refractivity contribution in [2.45, 2.75) is 50.6 Å². The number of anilines is 2. The number of carbonyl (C=O) groups excluding carboxylic acids is 2. The molecule has 0 bridgehead atoms. The van der Waals surface area contributed by atoms with Crippen molar-refractivity contribution in [2.24, 2.45) is 0 Å². The number of amides is 4. The minimum absolute atomic E-state index is 0.134. The molecule has 9 rings (SSSR count). The number of nitrogens with one attached hydrogen (secondary N) is 4. The van der Waals surface area contributed by atoms with E-state index in [1.165, 1.54) is 33.4 Å². The molecular formula is C58H66N8O6. The Hall–Kier alpha value is -7.68. The maximum absolute atomic E-state index is 12.8. The minimum atomic E-state index is -0.224. The zero-order valence-electron chi connectivity index (χ0n) is 42.1. The number of pyridine rings is 2. The molecule has 14 nitrogen and oxygen atoms in total. The van der Waals surface area contributed by atoms with E-state index in [9.17, 15) is 9.59 Å². The number of urea groups is 2. The molecular weight excluding hydrogens is 905 g/mol. The van der Waals surface area contributed by atoms with Crippen molar-refractivity contribution in [3.63, 3.8) is 0 Å². The van der Waals surface area contributed by atoms with E-state index < -0.39 is 0 Å². The molecule has 0 fully saturated rings. The van der Waals surface area contributed by atoms with Gasteiger partial charge in [0.15, 0.2) is 23.0 Å². The Kier molecular flexibility index (Phi) is 17.2. The molecule has 72 heavy (non-hydrogen) atoms. The van der Waals surface area contributed by atoms with E-state index in [1.807, 2.05) is 42.5 Å². The molecule has 4 N–H and O–H groups in total. The van der Waals surface area contributed by atoms with E-state index in [4.69, 9.17) is 18.9 Å². The first kappa shape index (κ1) is 50.7. The van der Waals surface area contributed by atoms with E-state index in [-0.39, 0.29) is 36.0 Å². The molecule has 0 radical (unpaired) electrons. The summed E-state index contributed by atoms with van der Waals surface area (Å²) in [5, 5.41) is 12.8. The van der Waals surface area contributed by atoms with Gasteiger partial charge in [-0.25, -0.2) is 9.59 Å². The summed E-state index contributed by atoms with van der Waals surface area (Å²) in [7, 11) is 6.70. The number of fused-ring (bicyclic) bond motifs is 3. The Morgan fingerprint density at radius 2 is 1.03 bits per heavy atom. The largest absolute Gasteiger partial charge is 0.493 e. The highest BCUT2D eigenvalue weighted by molar-refractivity contribution is 6.00. The van der Waals surface area contributed by atoms with Crippen LogP contribution in [-0.4, -0.2) is 99.5 Å². The molecule has 2 aromatic heterocycles. The lowest BCUT2D eigenvalue weighted by Crippen LogP contribution is -2.43. The monoisotopic (exact) mass is 971 g/mol. The van der Waals surface area contributed by atoms with Gasteiger partial charge in [-0.1, -0.05) is 92.7 Å². The van der Waals surface area contributed by atoms with Crippen LogP contribution in [0.15, 0.2) is 146 Å². The first-order valence-electron chi connectivity index (χ1n) is 24.6. The minimum Gasteiger partial charge on any atom is -0.493 e. The van der Waals surface area contributed by atoms with Gasteiger partial charge in [0, 0.05) is 92.9 Å². The highest BCUT2D eigenvalue weighted by atomic mass is 16.5. The number of hydrogen-bond donors (Lipinski definition) is 4. The van der Waals surface area contributed by atoms with E-state index in [2.05, 4.69) is 128 Å². The molecule has 2 aliphatic heterocycles. The first-order valence-corrected chi connectivity index (χ1v) is 24.6. The van der Waals surface area contributed by atoms with Gasteiger partial charge in [-0.05, 0) is 94.8 Å². The Morgan fingerprint density at radius 1 is 0.569 bits per heavy atom. The van der Waals surface area contributed by atoms with Crippen molar-refractivity contribution >= 4 is 34.3 Å². The van der Waals surface area contributed by atoms with Crippen LogP contribution < -0.4 is 40.2 Å². The highest BCUT2D eigenvalue weighted by Gasteiger charge is 2.35. The fourth-order valence-corrected chi connectivity index (χ4v) is 10.2. The van der Waals surface area contributed by atoms with Crippen LogP contribution in [0.1, 0.15) is 71.1 Å². The zero-order valence-corrected chi connectivity index (χ0v) is 42.1. The molecule has 7 aromatic rings. The lowest BCUT2D eigenvalue weighted by atomic mass is 9.82. The third-order valence-electron chi connectivity index (χ3n) is 13.9. The number of rotatable bonds is 16. The van der Waals surface area contributed by atoms with Crippen molar-refractivity contribution in [3.8, 4) is 23.0 Å². The summed E-state index contributed by atoms with van der Waals surface area (Å²) >= 11 is 0. The molecule has 0 saturated heterocycles. The second kappa shape index (κ2) is 24.4. The third-order valence-corrected chi connectivity index (χ3v) is 13.9. The van der Waals surface area contributed by atoms with Crippen LogP contribution in [0.25, 0.3) is 10.9 Å². The molecule has 14 heteroatoms. The number of methoxy groups -OCH3 is 4. The van der Waals surface area contributed by atoms with Gasteiger partial charge in [-0.3, -0.25) is 19.8 Å². The molecule has 0 aliphatic carbocycles. The average molecular weight is 971 g/mol. The molecule has 4 amide bonds. The summed E-state index contributed by atoms with van der Waals surface area (Å²) in [6, 6.07) is 42.6. The SMILES string of the molecule is COc1cc2c(cc1OC)C(C(C)c1ccccc1)N(CCNC(=O)Nc1ccnc3ccccc13)CC2.COc1cc2c(cc1OC)C(C(C)c1ccccc1)N(CCNC(=O)Nc1ccncc1)CC2. The Bertz CT molecular complexity index is 2890. The molecule has 4 heterocycles. The Morgan fingerprint density at radius 3 is 1.53 bits per heavy atom. The quantitative estimate of drug-likeness (QED) is 0.0737. The second-order valence-electron chi connectivity index (χ2n) is 18.0. The molecule has 374 valence electrons. The number of hydrogen-bond acceptors (Lipinski definition) is 10. The molecule has 0 saturated carbocycles. The van der Waals surface area contributed by atoms with Crippen molar-refractivity contribution in [1.29, 1.82) is 0 Å². The lowest BCUT2D eigenvalue weighted by Gasteiger charge is -2.41. The summed E-state index contributed by atoms with van der Waals surface area (Å²) < 4.78 is 22.4. The Labute approximate surface area is 423 Å². The fourth-order valence-electron chi connectivity index (χ4n) is 10.2. The number of nitrogens with zero attached hydrogens (tertiary/aromatic N) is 4. The second-order valence-corrected chi connectivity index (χ2v) is 18.0. The van der Waals surface area contributed by atoms with Crippen molar-refractivity contribution in [3.05, 3.63) is 179 Å². The van der Waals surface area contributed by atoms with Gasteiger partial charge in [0.25, 0.3) is 0 Å². The van der Waals surface area contributed by atoms with E-state index in [0.29, 0.717) is 13.1 Å². The predicted molar refractivity (Wildman–Crippen MR) is 285 cm³/mol. The third kappa shape index (κ3) is 12.1. The van der Waals surface area contributed by atoms with Gasteiger partial charge in [-0.2, -0.15) is 0 Å². The predicted octanol–water partition coefficient (Wildman–Crippen LogP) is 10.4.